The van der Waals surface area contributed by atoms with Gasteiger partial charge in [-0.05, 0) is 48.9 Å². The number of anilines is 1. The molecule has 0 saturated carbocycles. The van der Waals surface area contributed by atoms with Gasteiger partial charge in [0.05, 0.1) is 16.9 Å². The van der Waals surface area contributed by atoms with Crippen LogP contribution in [0.1, 0.15) is 23.7 Å². The van der Waals surface area contributed by atoms with Gasteiger partial charge in [-0.15, -0.1) is 0 Å². The second kappa shape index (κ2) is 9.48. The molecule has 0 aliphatic carbocycles. The van der Waals surface area contributed by atoms with Crippen molar-refractivity contribution in [3.05, 3.63) is 95.6 Å². The summed E-state index contributed by atoms with van der Waals surface area (Å²) in [6, 6.07) is 13.7. The molecule has 37 heavy (non-hydrogen) atoms. The molecule has 0 atom stereocenters. The molecule has 9 heteroatoms. The lowest BCUT2D eigenvalue weighted by atomic mass is 9.72. The van der Waals surface area contributed by atoms with Crippen LogP contribution in [-0.2, 0) is 11.4 Å². The molecular weight excluding hydrogens is 474 g/mol. The van der Waals surface area contributed by atoms with E-state index in [0.29, 0.717) is 29.0 Å². The number of para-hydroxylation sites is 1. The third-order valence-corrected chi connectivity index (χ3v) is 6.94. The van der Waals surface area contributed by atoms with Crippen molar-refractivity contribution in [2.45, 2.75) is 13.5 Å². The average molecular weight is 501 g/mol. The first-order valence-corrected chi connectivity index (χ1v) is 12.3. The normalized spacial score (nSPS) is 17.1. The number of hydrogen-bond donors (Lipinski definition) is 0. The highest BCUT2D eigenvalue weighted by Gasteiger charge is 2.51. The van der Waals surface area contributed by atoms with Crippen LogP contribution in [0.2, 0.25) is 0 Å². The minimum atomic E-state index is -0.937. The zero-order valence-electron chi connectivity index (χ0n) is 20.4. The largest absolute Gasteiger partial charge is 0.396 e. The summed E-state index contributed by atoms with van der Waals surface area (Å²) in [5, 5.41) is 4.10. The van der Waals surface area contributed by atoms with Crippen molar-refractivity contribution in [3.8, 4) is 0 Å². The van der Waals surface area contributed by atoms with Gasteiger partial charge in [-0.3, -0.25) is 19.9 Å². The molecular formula is C28H26F2N6O. The molecule has 4 aromatic rings. The molecule has 0 unspecified atom stereocenters. The molecule has 2 aromatic heterocycles. The predicted octanol–water partition coefficient (Wildman–Crippen LogP) is 4.41. The van der Waals surface area contributed by atoms with E-state index in [1.54, 1.807) is 19.3 Å². The van der Waals surface area contributed by atoms with Crippen LogP contribution in [0.4, 0.5) is 14.5 Å². The van der Waals surface area contributed by atoms with Gasteiger partial charge in [0.1, 0.15) is 17.8 Å². The first kappa shape index (κ1) is 23.4. The Bertz CT molecular complexity index is 1460. The number of fused-ring (bicyclic) bond motifs is 1. The fraction of sp³-hybridized carbons (Fsp3) is 0.286. The Morgan fingerprint density at radius 3 is 2.57 bits per heavy atom. The number of likely N-dealkylation sites (tertiary alicyclic amines) is 1. The molecule has 188 valence electrons. The van der Waals surface area contributed by atoms with Gasteiger partial charge >= 0.3 is 0 Å². The van der Waals surface area contributed by atoms with Gasteiger partial charge in [0.2, 0.25) is 0 Å². The number of benzene rings is 2. The number of oxime groups is 1. The van der Waals surface area contributed by atoms with E-state index in [-0.39, 0.29) is 0 Å². The number of aromatic nitrogens is 3. The molecule has 2 aliphatic rings. The Morgan fingerprint density at radius 1 is 0.973 bits per heavy atom. The smallest absolute Gasteiger partial charge is 0.159 e. The van der Waals surface area contributed by atoms with Crippen LogP contribution in [0.3, 0.4) is 0 Å². The average Bonchev–Trinajstić information content (AvgIpc) is 2.87. The highest BCUT2D eigenvalue weighted by Crippen LogP contribution is 2.43. The molecule has 1 spiro atoms. The standard InChI is InChI=1S/C28H26F2N6O/c1-2-37-34-26(20-7-8-21(29)22(30)12-20)24-9-6-19(13-33-24)14-35-15-28(16-35)17-36(18-28)25-5-3-4-23-27(25)32-11-10-31-23/h3-13H,2,14-18H2,1H3/b34-26+. The Kier molecular flexibility index (Phi) is 6.00. The number of halogens is 2. The zero-order chi connectivity index (χ0) is 25.4. The highest BCUT2D eigenvalue weighted by molar-refractivity contribution is 6.11. The second-order valence-electron chi connectivity index (χ2n) is 9.74. The fourth-order valence-electron chi connectivity index (χ4n) is 5.32. The van der Waals surface area contributed by atoms with Crippen molar-refractivity contribution in [2.24, 2.45) is 10.6 Å². The molecule has 7 nitrogen and oxygen atoms in total. The Hall–Kier alpha value is -3.98. The number of rotatable bonds is 7. The first-order chi connectivity index (χ1) is 18.0. The molecule has 2 saturated heterocycles. The summed E-state index contributed by atoms with van der Waals surface area (Å²) in [7, 11) is 0. The van der Waals surface area contributed by atoms with Gasteiger partial charge in [0, 0.05) is 62.3 Å². The molecule has 0 N–H and O–H groups in total. The minimum absolute atomic E-state index is 0.321. The monoisotopic (exact) mass is 500 g/mol. The minimum Gasteiger partial charge on any atom is -0.396 e. The Labute approximate surface area is 213 Å². The topological polar surface area (TPSA) is 66.7 Å². The Morgan fingerprint density at radius 2 is 1.81 bits per heavy atom. The van der Waals surface area contributed by atoms with Crippen LogP contribution in [-0.4, -0.2) is 58.3 Å². The molecule has 2 fully saturated rings. The number of hydrogen-bond acceptors (Lipinski definition) is 7. The van der Waals surface area contributed by atoms with E-state index >= 15 is 0 Å². The SMILES string of the molecule is CCO/N=C(\c1ccc(F)c(F)c1)c1ccc(CN2CC3(C2)CN(c2cccc4nccnc24)C3)cn1. The van der Waals surface area contributed by atoms with Crippen molar-refractivity contribution < 1.29 is 13.6 Å². The third-order valence-electron chi connectivity index (χ3n) is 6.94. The van der Waals surface area contributed by atoms with Crippen LogP contribution in [0.15, 0.2) is 72.3 Å². The molecule has 2 aromatic carbocycles. The quantitative estimate of drug-likeness (QED) is 0.277. The van der Waals surface area contributed by atoms with E-state index in [1.807, 2.05) is 30.5 Å². The van der Waals surface area contributed by atoms with Gasteiger partial charge in [0.25, 0.3) is 0 Å². The van der Waals surface area contributed by atoms with Crippen molar-refractivity contribution in [1.29, 1.82) is 0 Å². The highest BCUT2D eigenvalue weighted by atomic mass is 19.2. The lowest BCUT2D eigenvalue weighted by Crippen LogP contribution is -2.72. The van der Waals surface area contributed by atoms with E-state index in [2.05, 4.69) is 36.0 Å². The van der Waals surface area contributed by atoms with Crippen LogP contribution >= 0.6 is 0 Å². The van der Waals surface area contributed by atoms with Crippen molar-refractivity contribution in [3.63, 3.8) is 0 Å². The molecule has 0 bridgehead atoms. The summed E-state index contributed by atoms with van der Waals surface area (Å²) in [5.41, 5.74) is 5.74. The van der Waals surface area contributed by atoms with Crippen LogP contribution in [0, 0.1) is 17.0 Å². The maximum absolute atomic E-state index is 13.8. The van der Waals surface area contributed by atoms with E-state index in [1.165, 1.54) is 6.07 Å². The van der Waals surface area contributed by atoms with Gasteiger partial charge < -0.3 is 9.74 Å². The van der Waals surface area contributed by atoms with E-state index in [0.717, 1.165) is 67.1 Å². The summed E-state index contributed by atoms with van der Waals surface area (Å²) in [6.07, 6.45) is 5.28. The zero-order valence-corrected chi connectivity index (χ0v) is 20.4. The maximum Gasteiger partial charge on any atom is 0.159 e. The van der Waals surface area contributed by atoms with Crippen molar-refractivity contribution in [1.82, 2.24) is 19.9 Å². The summed E-state index contributed by atoms with van der Waals surface area (Å²) in [6.45, 7) is 7.07. The summed E-state index contributed by atoms with van der Waals surface area (Å²) < 4.78 is 27.2. The van der Waals surface area contributed by atoms with Gasteiger partial charge in [-0.25, -0.2) is 8.78 Å². The van der Waals surface area contributed by atoms with E-state index in [9.17, 15) is 8.78 Å². The van der Waals surface area contributed by atoms with Crippen molar-refractivity contribution in [2.75, 3.05) is 37.7 Å². The molecule has 0 radical (unpaired) electrons. The van der Waals surface area contributed by atoms with Gasteiger partial charge in [-0.2, -0.15) is 0 Å². The van der Waals surface area contributed by atoms with Gasteiger partial charge in [0.15, 0.2) is 11.6 Å². The lowest BCUT2D eigenvalue weighted by molar-refractivity contribution is -0.0272. The maximum atomic E-state index is 13.8. The summed E-state index contributed by atoms with van der Waals surface area (Å²) >= 11 is 0. The number of nitrogens with zero attached hydrogens (tertiary/aromatic N) is 6. The van der Waals surface area contributed by atoms with Crippen LogP contribution < -0.4 is 4.90 Å². The molecule has 2 aliphatic heterocycles. The Balaban J connectivity index is 1.08. The predicted molar refractivity (Wildman–Crippen MR) is 137 cm³/mol. The fourth-order valence-corrected chi connectivity index (χ4v) is 5.32. The second-order valence-corrected chi connectivity index (χ2v) is 9.74. The lowest BCUT2D eigenvalue weighted by Gasteiger charge is -2.61. The van der Waals surface area contributed by atoms with Crippen molar-refractivity contribution >= 4 is 22.4 Å². The third kappa shape index (κ3) is 4.51. The van der Waals surface area contributed by atoms with E-state index in [4.69, 9.17) is 4.84 Å². The van der Waals surface area contributed by atoms with Crippen LogP contribution in [0.25, 0.3) is 11.0 Å². The summed E-state index contributed by atoms with van der Waals surface area (Å²) in [5.74, 6) is -1.84. The molecule has 6 rings (SSSR count). The number of pyridine rings is 1. The first-order valence-electron chi connectivity index (χ1n) is 12.3. The van der Waals surface area contributed by atoms with Crippen LogP contribution in [0.5, 0.6) is 0 Å². The molecule has 4 heterocycles. The molecule has 0 amide bonds. The van der Waals surface area contributed by atoms with E-state index < -0.39 is 11.6 Å². The summed E-state index contributed by atoms with van der Waals surface area (Å²) in [4.78, 5) is 23.5. The van der Waals surface area contributed by atoms with Gasteiger partial charge in [-0.1, -0.05) is 17.3 Å².